The van der Waals surface area contributed by atoms with Crippen molar-refractivity contribution < 1.29 is 4.84 Å². The lowest BCUT2D eigenvalue weighted by atomic mass is 10.6. The van der Waals surface area contributed by atoms with E-state index in [2.05, 4.69) is 16.0 Å². The maximum absolute atomic E-state index is 5.11. The van der Waals surface area contributed by atoms with Crippen LogP contribution in [0.2, 0.25) is 0 Å². The number of allylic oxidation sites excluding steroid dienone is 1. The topological polar surface area (TPSA) is 51.0 Å². The van der Waals surface area contributed by atoms with Crippen LogP contribution in [0.15, 0.2) is 17.0 Å². The number of rotatable bonds is 3. The number of nitrogens with zero attached hydrogens (tertiary/aromatic N) is 3. The first-order valence-electron chi connectivity index (χ1n) is 3.43. The van der Waals surface area contributed by atoms with Gasteiger partial charge in [0.25, 0.3) is 0 Å². The van der Waals surface area contributed by atoms with Gasteiger partial charge in [-0.15, -0.1) is 10.3 Å². The molecular weight excluding hydrogens is 144 g/mol. The Bertz CT molecular complexity index is 177. The Morgan fingerprint density at radius 2 is 2.55 bits per heavy atom. The second-order valence-corrected chi connectivity index (χ2v) is 1.85. The van der Waals surface area contributed by atoms with E-state index in [-0.39, 0.29) is 0 Å². The van der Waals surface area contributed by atoms with Crippen molar-refractivity contribution in [2.45, 2.75) is 6.92 Å². The number of hydrogen-bond acceptors (Lipinski definition) is 4. The van der Waals surface area contributed by atoms with E-state index in [0.717, 1.165) is 5.82 Å². The molecule has 1 aliphatic heterocycles. The maximum atomic E-state index is 5.11. The van der Waals surface area contributed by atoms with Gasteiger partial charge in [-0.25, -0.2) is 4.84 Å². The fourth-order valence-electron chi connectivity index (χ4n) is 0.689. The van der Waals surface area contributed by atoms with E-state index >= 15 is 0 Å². The van der Waals surface area contributed by atoms with Crippen molar-refractivity contribution in [3.05, 3.63) is 11.9 Å². The predicted molar refractivity (Wildman–Crippen MR) is 41.2 cm³/mol. The Kier molecular flexibility index (Phi) is 2.74. The van der Waals surface area contributed by atoms with Gasteiger partial charge in [0.15, 0.2) is 5.82 Å². The highest BCUT2D eigenvalue weighted by molar-refractivity contribution is 5.72. The van der Waals surface area contributed by atoms with Crippen molar-refractivity contribution in [1.29, 1.82) is 0 Å². The summed E-state index contributed by atoms with van der Waals surface area (Å²) in [6.45, 7) is 2.46. The van der Waals surface area contributed by atoms with Gasteiger partial charge >= 0.3 is 0 Å². The molecule has 0 amide bonds. The SMILES string of the molecule is CCON1[N]N=CC=C1NC. The first-order valence-corrected chi connectivity index (χ1v) is 3.43. The highest BCUT2D eigenvalue weighted by atomic mass is 16.7. The zero-order valence-corrected chi connectivity index (χ0v) is 6.61. The van der Waals surface area contributed by atoms with Crippen LogP contribution in [0.25, 0.3) is 0 Å². The van der Waals surface area contributed by atoms with E-state index in [1.165, 1.54) is 5.17 Å². The molecule has 0 saturated carbocycles. The van der Waals surface area contributed by atoms with Crippen molar-refractivity contribution in [2.24, 2.45) is 5.10 Å². The van der Waals surface area contributed by atoms with E-state index in [1.54, 1.807) is 19.3 Å². The average Bonchev–Trinajstić information content (AvgIpc) is 2.06. The van der Waals surface area contributed by atoms with Crippen molar-refractivity contribution in [3.8, 4) is 0 Å². The van der Waals surface area contributed by atoms with Crippen molar-refractivity contribution in [2.75, 3.05) is 13.7 Å². The molecule has 11 heavy (non-hydrogen) atoms. The predicted octanol–water partition coefficient (Wildman–Crippen LogP) is -0.181. The van der Waals surface area contributed by atoms with Crippen LogP contribution in [-0.2, 0) is 4.84 Å². The van der Waals surface area contributed by atoms with E-state index in [9.17, 15) is 0 Å². The number of nitrogens with one attached hydrogen (secondary N) is 1. The Morgan fingerprint density at radius 1 is 1.73 bits per heavy atom. The summed E-state index contributed by atoms with van der Waals surface area (Å²) in [5, 5.41) is 7.92. The van der Waals surface area contributed by atoms with Crippen LogP contribution in [0.5, 0.6) is 0 Å². The number of hydroxylamine groups is 1. The third kappa shape index (κ3) is 1.84. The van der Waals surface area contributed by atoms with Crippen LogP contribution in [0, 0.1) is 0 Å². The minimum absolute atomic E-state index is 0.568. The van der Waals surface area contributed by atoms with Gasteiger partial charge in [-0.1, -0.05) is 0 Å². The second kappa shape index (κ2) is 3.82. The standard InChI is InChI=1S/C6H11N4O/c1-3-11-10-6(7-2)4-5-8-9-10/h4-5,7H,3H2,1-2H3. The van der Waals surface area contributed by atoms with E-state index in [1.807, 2.05) is 6.92 Å². The summed E-state index contributed by atoms with van der Waals surface area (Å²) in [5.41, 5.74) is 3.72. The van der Waals surface area contributed by atoms with E-state index in [0.29, 0.717) is 6.61 Å². The largest absolute Gasteiger partial charge is 0.371 e. The van der Waals surface area contributed by atoms with Gasteiger partial charge < -0.3 is 5.32 Å². The lowest BCUT2D eigenvalue weighted by Gasteiger charge is -2.22. The highest BCUT2D eigenvalue weighted by Crippen LogP contribution is 2.01. The molecule has 1 radical (unpaired) electrons. The van der Waals surface area contributed by atoms with E-state index < -0.39 is 0 Å². The second-order valence-electron chi connectivity index (χ2n) is 1.85. The molecule has 1 rings (SSSR count). The van der Waals surface area contributed by atoms with Crippen LogP contribution in [0.1, 0.15) is 6.92 Å². The molecule has 0 aromatic heterocycles. The molecule has 0 atom stereocenters. The van der Waals surface area contributed by atoms with Crippen molar-refractivity contribution >= 4 is 6.21 Å². The lowest BCUT2D eigenvalue weighted by Crippen LogP contribution is -2.36. The van der Waals surface area contributed by atoms with Gasteiger partial charge in [-0.05, 0) is 12.5 Å². The van der Waals surface area contributed by atoms with Crippen molar-refractivity contribution in [3.63, 3.8) is 0 Å². The summed E-state index contributed by atoms with van der Waals surface area (Å²) in [6, 6.07) is 0. The summed E-state index contributed by atoms with van der Waals surface area (Å²) in [6.07, 6.45) is 3.38. The fourth-order valence-corrected chi connectivity index (χ4v) is 0.689. The smallest absolute Gasteiger partial charge is 0.156 e. The Morgan fingerprint density at radius 3 is 3.18 bits per heavy atom. The van der Waals surface area contributed by atoms with Crippen LogP contribution in [0.4, 0.5) is 0 Å². The highest BCUT2D eigenvalue weighted by Gasteiger charge is 2.10. The zero-order valence-electron chi connectivity index (χ0n) is 6.61. The van der Waals surface area contributed by atoms with Gasteiger partial charge in [0.2, 0.25) is 0 Å². The van der Waals surface area contributed by atoms with Gasteiger partial charge in [-0.2, -0.15) is 0 Å². The molecule has 61 valence electrons. The van der Waals surface area contributed by atoms with Crippen molar-refractivity contribution in [1.82, 2.24) is 16.0 Å². The van der Waals surface area contributed by atoms with Gasteiger partial charge in [0, 0.05) is 13.1 Å². The summed E-state index contributed by atoms with van der Waals surface area (Å²) >= 11 is 0. The summed E-state index contributed by atoms with van der Waals surface area (Å²) in [7, 11) is 1.80. The minimum Gasteiger partial charge on any atom is -0.371 e. The fraction of sp³-hybridized carbons (Fsp3) is 0.500. The van der Waals surface area contributed by atoms with Crippen LogP contribution in [0.3, 0.4) is 0 Å². The van der Waals surface area contributed by atoms with Crippen LogP contribution < -0.4 is 10.9 Å². The third-order valence-electron chi connectivity index (χ3n) is 1.15. The molecule has 0 saturated heterocycles. The Labute approximate surface area is 65.6 Å². The molecule has 1 heterocycles. The molecular formula is C6H11N4O. The minimum atomic E-state index is 0.568. The first kappa shape index (κ1) is 7.87. The zero-order chi connectivity index (χ0) is 8.10. The summed E-state index contributed by atoms with van der Waals surface area (Å²) in [5.74, 6) is 0.779. The average molecular weight is 155 g/mol. The van der Waals surface area contributed by atoms with E-state index in [4.69, 9.17) is 4.84 Å². The summed E-state index contributed by atoms with van der Waals surface area (Å²) in [4.78, 5) is 5.11. The quantitative estimate of drug-likeness (QED) is 0.615. The molecule has 1 N–H and O–H groups in total. The molecule has 0 aliphatic carbocycles. The molecule has 1 aliphatic rings. The van der Waals surface area contributed by atoms with Gasteiger partial charge in [0.1, 0.15) is 0 Å². The van der Waals surface area contributed by atoms with Gasteiger partial charge in [-0.3, -0.25) is 0 Å². The molecule has 0 bridgehead atoms. The lowest BCUT2D eigenvalue weighted by molar-refractivity contribution is -0.172. The molecule has 5 nitrogen and oxygen atoms in total. The first-order chi connectivity index (χ1) is 5.38. The van der Waals surface area contributed by atoms with Crippen LogP contribution >= 0.6 is 0 Å². The van der Waals surface area contributed by atoms with Gasteiger partial charge in [0.05, 0.1) is 12.8 Å². The molecule has 0 fully saturated rings. The third-order valence-corrected chi connectivity index (χ3v) is 1.15. The monoisotopic (exact) mass is 155 g/mol. The normalized spacial score (nSPS) is 15.8. The molecule has 0 spiro atoms. The number of hydrogen-bond donors (Lipinski definition) is 1. The summed E-state index contributed by atoms with van der Waals surface area (Å²) < 4.78 is 0. The molecule has 0 aromatic carbocycles. The maximum Gasteiger partial charge on any atom is 0.156 e. The Hall–Kier alpha value is -1.23. The molecule has 5 heteroatoms. The molecule has 0 unspecified atom stereocenters. The van der Waals surface area contributed by atoms with Crippen LogP contribution in [-0.4, -0.2) is 25.0 Å². The Balaban J connectivity index is 2.52. The molecule has 0 aromatic rings.